The summed E-state index contributed by atoms with van der Waals surface area (Å²) in [5.41, 5.74) is 0. The van der Waals surface area contributed by atoms with E-state index in [0.717, 1.165) is 12.8 Å². The molecule has 0 aromatic rings. The van der Waals surface area contributed by atoms with Crippen molar-refractivity contribution in [1.82, 2.24) is 0 Å². The first-order chi connectivity index (χ1) is 14.5. The van der Waals surface area contributed by atoms with Gasteiger partial charge in [0.05, 0.1) is 6.61 Å². The van der Waals surface area contributed by atoms with Crippen LogP contribution in [0, 0.1) is 0 Å². The Hall–Kier alpha value is 1.87. The molecule has 31 heavy (non-hydrogen) atoms. The van der Waals surface area contributed by atoms with E-state index in [4.69, 9.17) is 0 Å². The van der Waals surface area contributed by atoms with Crippen LogP contribution in [-0.4, -0.2) is 47.5 Å². The zero-order valence-corrected chi connectivity index (χ0v) is 26.4. The van der Waals surface area contributed by atoms with Crippen molar-refractivity contribution in [3.05, 3.63) is 0 Å². The zero-order valence-electron chi connectivity index (χ0n) is 21.6. The maximum Gasteiger partial charge on any atom is 1.00 e. The molecule has 0 unspecified atom stereocenters. The van der Waals surface area contributed by atoms with Crippen LogP contribution in [0.15, 0.2) is 0 Å². The third kappa shape index (κ3) is 42.5. The van der Waals surface area contributed by atoms with Crippen molar-refractivity contribution in [1.29, 1.82) is 0 Å². The third-order valence-corrected chi connectivity index (χ3v) is 6.60. The van der Waals surface area contributed by atoms with Crippen LogP contribution >= 0.6 is 0 Å². The van der Waals surface area contributed by atoms with Crippen molar-refractivity contribution in [2.24, 2.45) is 0 Å². The summed E-state index contributed by atoms with van der Waals surface area (Å²) in [5, 5.41) is 0. The molecule has 178 valence electrons. The summed E-state index contributed by atoms with van der Waals surface area (Å²) in [6.07, 6.45) is 26.4. The Labute approximate surface area is 235 Å². The monoisotopic (exact) mass is 480 g/mol. The Morgan fingerprint density at radius 1 is 0.581 bits per heavy atom. The van der Waals surface area contributed by atoms with E-state index >= 15 is 0 Å². The first kappa shape index (κ1) is 37.4. The predicted molar refractivity (Wildman–Crippen MR) is 130 cm³/mol. The van der Waals surface area contributed by atoms with Gasteiger partial charge in [0.25, 0.3) is 0 Å². The van der Waals surface area contributed by atoms with Crippen LogP contribution in [0.2, 0.25) is 3.67 Å². The molecule has 0 spiro atoms. The minimum absolute atomic E-state index is 0. The van der Waals surface area contributed by atoms with E-state index in [2.05, 4.69) is 18.0 Å². The average Bonchev–Trinajstić information content (AvgIpc) is 2.70. The van der Waals surface area contributed by atoms with Crippen LogP contribution < -0.4 is 29.6 Å². The predicted octanol–water partition coefficient (Wildman–Crippen LogP) is 4.88. The summed E-state index contributed by atoms with van der Waals surface area (Å²) in [6.45, 7) is 4.53. The summed E-state index contributed by atoms with van der Waals surface area (Å²) in [7, 11) is -4.48. The summed E-state index contributed by atoms with van der Waals surface area (Å²) in [4.78, 5) is 0. The van der Waals surface area contributed by atoms with E-state index in [1.54, 1.807) is 0 Å². The fourth-order valence-electron chi connectivity index (χ4n) is 3.49. The second-order valence-electron chi connectivity index (χ2n) is 8.59. The van der Waals surface area contributed by atoms with Crippen molar-refractivity contribution in [3.63, 3.8) is 0 Å². The Bertz CT molecular complexity index is 396. The molecule has 0 aromatic heterocycles. The Morgan fingerprint density at radius 3 is 1.16 bits per heavy atom. The van der Waals surface area contributed by atoms with Crippen LogP contribution in [0.25, 0.3) is 0 Å². The minimum Gasteiger partial charge on any atom is 1.00 e. The zero-order chi connectivity index (χ0) is 22.8. The van der Waals surface area contributed by atoms with Gasteiger partial charge in [-0.05, 0) is 6.42 Å². The molecule has 0 aliphatic carbocycles. The molecule has 0 N–H and O–H groups in total. The largest absolute Gasteiger partial charge is 1.00 e. The third-order valence-electron chi connectivity index (χ3n) is 5.43. The number of rotatable bonds is 22. The summed E-state index contributed by atoms with van der Waals surface area (Å²) in [6, 6.07) is 0. The van der Waals surface area contributed by atoms with E-state index in [-0.39, 0.29) is 36.2 Å². The molecule has 0 aliphatic heterocycles. The molecular weight excluding hydrogens is 430 g/mol. The van der Waals surface area contributed by atoms with Crippen molar-refractivity contribution < 1.29 is 46.7 Å². The second-order valence-corrected chi connectivity index (χ2v) is 10.6. The van der Waals surface area contributed by atoms with Crippen molar-refractivity contribution in [2.75, 3.05) is 6.61 Å². The van der Waals surface area contributed by atoms with E-state index < -0.39 is 10.4 Å². The molecule has 0 radical (unpaired) electrons. The first-order valence-corrected chi connectivity index (χ1v) is 15.8. The van der Waals surface area contributed by atoms with Gasteiger partial charge >= 0.3 is 132 Å². The maximum absolute atomic E-state index is 10.1. The molecule has 0 amide bonds. The molecule has 0 saturated heterocycles. The van der Waals surface area contributed by atoms with Gasteiger partial charge in [0.15, 0.2) is 0 Å². The van der Waals surface area contributed by atoms with Gasteiger partial charge in [-0.15, -0.1) is 0 Å². The number of hydrogen-bond donors (Lipinski definition) is 0. The van der Waals surface area contributed by atoms with Crippen LogP contribution in [0.3, 0.4) is 0 Å². The molecule has 0 aliphatic rings. The van der Waals surface area contributed by atoms with Gasteiger partial charge in [-0.2, -0.15) is 0 Å². The molecule has 7 heteroatoms. The molecule has 4 nitrogen and oxygen atoms in total. The van der Waals surface area contributed by atoms with Gasteiger partial charge in [-0.3, -0.25) is 4.18 Å². The van der Waals surface area contributed by atoms with Gasteiger partial charge in [0.1, 0.15) is 0 Å². The van der Waals surface area contributed by atoms with Crippen LogP contribution in [0.5, 0.6) is 0 Å². The minimum atomic E-state index is -4.48. The molecule has 0 aromatic carbocycles. The fraction of sp³-hybridized carbons (Fsp3) is 1.00. The van der Waals surface area contributed by atoms with Gasteiger partial charge in [0, 0.05) is 0 Å². The smallest absolute Gasteiger partial charge is 1.00 e. The number of hydrogen-bond acceptors (Lipinski definition) is 4. The Balaban J connectivity index is -0.000000507. The standard InChI is InChI=1S/C12H26O4S.C12H25.2Na/c1-2-3-4-5-6-7-8-9-10-11-12-16-17(13,14)15;1-3-5-7-9-11-12-10-8-6-4-2;;/h2-12H2,1H3,(H,13,14,15);1,3-12H2,2H3;;/q;;;+1/p-1. The van der Waals surface area contributed by atoms with Gasteiger partial charge in [-0.25, -0.2) is 8.42 Å². The van der Waals surface area contributed by atoms with Crippen molar-refractivity contribution in [2.45, 2.75) is 146 Å². The molecule has 0 saturated carbocycles. The Morgan fingerprint density at radius 2 is 0.871 bits per heavy atom. The van der Waals surface area contributed by atoms with Gasteiger partial charge < -0.3 is 4.55 Å². The molecule has 0 heterocycles. The number of unbranched alkanes of at least 4 members (excludes halogenated alkanes) is 18. The first-order valence-electron chi connectivity index (χ1n) is 13.1. The Kier molecular flexibility index (Phi) is 38.5. The molecular formula is C24H50Na2O4S. The van der Waals surface area contributed by atoms with E-state index in [0.29, 0.717) is 6.42 Å². The maximum atomic E-state index is 10.1. The summed E-state index contributed by atoms with van der Waals surface area (Å²) < 4.78 is 36.0. The molecule has 0 atom stereocenters. The SMILES string of the molecule is CCCCCCCCCCCCOS(=O)(=O)[O-].CCCCCCCCCCC[CH2][Na].[Na+]. The molecule has 0 rings (SSSR count). The quantitative estimate of drug-likeness (QED) is 0.0958. The van der Waals surface area contributed by atoms with Crippen molar-refractivity contribution >= 4 is 38.3 Å². The average molecular weight is 481 g/mol. The summed E-state index contributed by atoms with van der Waals surface area (Å²) in [5.74, 6) is 0. The van der Waals surface area contributed by atoms with Crippen LogP contribution in [-0.2, 0) is 14.6 Å². The summed E-state index contributed by atoms with van der Waals surface area (Å²) >= 11 is 1.41. The second kappa shape index (κ2) is 31.9. The van der Waals surface area contributed by atoms with E-state index in [9.17, 15) is 13.0 Å². The van der Waals surface area contributed by atoms with Crippen molar-refractivity contribution in [3.8, 4) is 0 Å². The molecule has 0 bridgehead atoms. The van der Waals surface area contributed by atoms with E-state index in [1.807, 2.05) is 0 Å². The van der Waals surface area contributed by atoms with Crippen LogP contribution in [0.4, 0.5) is 0 Å². The normalized spacial score (nSPS) is 11.0. The topological polar surface area (TPSA) is 66.4 Å². The van der Waals surface area contributed by atoms with Gasteiger partial charge in [0.2, 0.25) is 10.4 Å². The van der Waals surface area contributed by atoms with Crippen LogP contribution in [0.1, 0.15) is 142 Å². The fourth-order valence-corrected chi connectivity index (χ4v) is 4.31. The molecule has 0 fully saturated rings. The van der Waals surface area contributed by atoms with E-state index in [1.165, 1.54) is 141 Å². The van der Waals surface area contributed by atoms with Gasteiger partial charge in [-0.1, -0.05) is 64.7 Å².